The molecule has 180 valence electrons. The van der Waals surface area contributed by atoms with Crippen LogP contribution in [0, 0.1) is 0 Å². The number of aromatic nitrogens is 2. The van der Waals surface area contributed by atoms with Crippen LogP contribution in [0.3, 0.4) is 0 Å². The lowest BCUT2D eigenvalue weighted by atomic mass is 9.95. The number of benzene rings is 1. The SMILES string of the molecule is CC1=C(c2ccccn2)N(c2cc(N3CCOCC3)ccc2N2CCOCC2)c2cnccc2C1. The lowest BCUT2D eigenvalue weighted by Gasteiger charge is -2.39. The van der Waals surface area contributed by atoms with Gasteiger partial charge < -0.3 is 24.2 Å². The van der Waals surface area contributed by atoms with Crippen molar-refractivity contribution in [2.45, 2.75) is 13.3 Å². The van der Waals surface area contributed by atoms with Gasteiger partial charge >= 0.3 is 0 Å². The van der Waals surface area contributed by atoms with Gasteiger partial charge in [0.2, 0.25) is 0 Å². The zero-order chi connectivity index (χ0) is 23.6. The lowest BCUT2D eigenvalue weighted by Crippen LogP contribution is -2.38. The van der Waals surface area contributed by atoms with E-state index in [2.05, 4.69) is 63.0 Å². The Morgan fingerprint density at radius 3 is 2.29 bits per heavy atom. The predicted octanol–water partition coefficient (Wildman–Crippen LogP) is 4.28. The second-order valence-corrected chi connectivity index (χ2v) is 9.23. The maximum atomic E-state index is 5.68. The fraction of sp³-hybridized carbons (Fsp3) is 0.357. The topological polar surface area (TPSA) is 54.0 Å². The minimum atomic E-state index is 0.741. The number of morpholine rings is 2. The molecule has 2 aromatic heterocycles. The Bertz CT molecular complexity index is 1220. The van der Waals surface area contributed by atoms with Crippen molar-refractivity contribution in [3.63, 3.8) is 0 Å². The van der Waals surface area contributed by atoms with Crippen molar-refractivity contribution in [2.75, 3.05) is 67.3 Å². The van der Waals surface area contributed by atoms with Crippen LogP contribution < -0.4 is 14.7 Å². The highest BCUT2D eigenvalue weighted by Gasteiger charge is 2.30. The molecule has 0 saturated carbocycles. The maximum absolute atomic E-state index is 5.68. The molecule has 0 spiro atoms. The maximum Gasteiger partial charge on any atom is 0.0869 e. The van der Waals surface area contributed by atoms with Gasteiger partial charge in [0, 0.05) is 44.3 Å². The third-order valence-corrected chi connectivity index (χ3v) is 7.05. The summed E-state index contributed by atoms with van der Waals surface area (Å²) in [6.07, 6.45) is 6.65. The van der Waals surface area contributed by atoms with Crippen LogP contribution in [-0.2, 0) is 15.9 Å². The zero-order valence-electron chi connectivity index (χ0n) is 20.2. The molecule has 2 fully saturated rings. The van der Waals surface area contributed by atoms with E-state index in [1.165, 1.54) is 22.5 Å². The summed E-state index contributed by atoms with van der Waals surface area (Å²) in [7, 11) is 0. The molecule has 1 aromatic carbocycles. The number of hydrogen-bond acceptors (Lipinski definition) is 7. The quantitative estimate of drug-likeness (QED) is 0.565. The third kappa shape index (κ3) is 4.26. The lowest BCUT2D eigenvalue weighted by molar-refractivity contribution is 0.122. The average molecular weight is 470 g/mol. The first kappa shape index (κ1) is 22.1. The first-order chi connectivity index (χ1) is 17.3. The fourth-order valence-corrected chi connectivity index (χ4v) is 5.31. The molecule has 0 radical (unpaired) electrons. The van der Waals surface area contributed by atoms with Crippen molar-refractivity contribution in [2.24, 2.45) is 0 Å². The Balaban J connectivity index is 1.55. The van der Waals surface area contributed by atoms with Crippen molar-refractivity contribution in [3.8, 4) is 0 Å². The van der Waals surface area contributed by atoms with Gasteiger partial charge in [-0.15, -0.1) is 0 Å². The highest BCUT2D eigenvalue weighted by molar-refractivity contribution is 5.96. The van der Waals surface area contributed by atoms with Crippen LogP contribution in [0.15, 0.2) is 66.6 Å². The number of nitrogens with zero attached hydrogens (tertiary/aromatic N) is 5. The van der Waals surface area contributed by atoms with E-state index < -0.39 is 0 Å². The van der Waals surface area contributed by atoms with Crippen molar-refractivity contribution in [1.29, 1.82) is 0 Å². The van der Waals surface area contributed by atoms with E-state index in [0.717, 1.165) is 81.8 Å². The van der Waals surface area contributed by atoms with Crippen LogP contribution in [0.2, 0.25) is 0 Å². The smallest absolute Gasteiger partial charge is 0.0869 e. The van der Waals surface area contributed by atoms with Crippen LogP contribution in [-0.4, -0.2) is 62.6 Å². The van der Waals surface area contributed by atoms with Gasteiger partial charge in [-0.25, -0.2) is 0 Å². The first-order valence-corrected chi connectivity index (χ1v) is 12.4. The van der Waals surface area contributed by atoms with Crippen molar-refractivity contribution >= 4 is 28.4 Å². The van der Waals surface area contributed by atoms with Gasteiger partial charge in [0.25, 0.3) is 0 Å². The number of allylic oxidation sites excluding steroid dienone is 1. The van der Waals surface area contributed by atoms with Crippen LogP contribution in [0.1, 0.15) is 18.2 Å². The summed E-state index contributed by atoms with van der Waals surface area (Å²) in [5, 5.41) is 0. The van der Waals surface area contributed by atoms with Gasteiger partial charge in [-0.2, -0.15) is 0 Å². The van der Waals surface area contributed by atoms with Crippen molar-refractivity contribution < 1.29 is 9.47 Å². The summed E-state index contributed by atoms with van der Waals surface area (Å²) in [6, 6.07) is 15.2. The first-order valence-electron chi connectivity index (χ1n) is 12.4. The number of rotatable bonds is 4. The molecule has 0 aliphatic carbocycles. The largest absolute Gasteiger partial charge is 0.378 e. The Kier molecular flexibility index (Phi) is 6.10. The van der Waals surface area contributed by atoms with Gasteiger partial charge in [-0.05, 0) is 60.9 Å². The number of ether oxygens (including phenoxy) is 2. The molecule has 6 rings (SSSR count). The van der Waals surface area contributed by atoms with E-state index in [0.29, 0.717) is 0 Å². The molecule has 3 aliphatic rings. The molecule has 0 N–H and O–H groups in total. The van der Waals surface area contributed by atoms with Crippen LogP contribution in [0.4, 0.5) is 22.7 Å². The molecular weight excluding hydrogens is 438 g/mol. The van der Waals surface area contributed by atoms with Crippen molar-refractivity contribution in [3.05, 3.63) is 77.9 Å². The molecule has 3 aliphatic heterocycles. The van der Waals surface area contributed by atoms with Crippen LogP contribution in [0.5, 0.6) is 0 Å². The van der Waals surface area contributed by atoms with Crippen LogP contribution >= 0.6 is 0 Å². The molecule has 7 nitrogen and oxygen atoms in total. The molecular formula is C28H31N5O2. The zero-order valence-corrected chi connectivity index (χ0v) is 20.2. The molecule has 7 heteroatoms. The standard InChI is InChI=1S/C28H31N5O2/c1-21-18-22-7-9-29-20-27(22)33(28(21)24-4-2-3-8-30-24)26-19-23(31-10-14-34-15-11-31)5-6-25(26)32-12-16-35-17-13-32/h2-9,19-20H,10-18H2,1H3. The second kappa shape index (κ2) is 9.68. The molecule has 0 bridgehead atoms. The van der Waals surface area contributed by atoms with E-state index in [1.807, 2.05) is 24.7 Å². The highest BCUT2D eigenvalue weighted by atomic mass is 16.5. The van der Waals surface area contributed by atoms with Gasteiger partial charge in [-0.3, -0.25) is 9.97 Å². The van der Waals surface area contributed by atoms with Gasteiger partial charge in [-0.1, -0.05) is 6.07 Å². The number of hydrogen-bond donors (Lipinski definition) is 0. The third-order valence-electron chi connectivity index (χ3n) is 7.05. The van der Waals surface area contributed by atoms with Crippen LogP contribution in [0.25, 0.3) is 5.70 Å². The molecule has 35 heavy (non-hydrogen) atoms. The van der Waals surface area contributed by atoms with Crippen molar-refractivity contribution in [1.82, 2.24) is 9.97 Å². The minimum Gasteiger partial charge on any atom is -0.378 e. The second-order valence-electron chi connectivity index (χ2n) is 9.23. The summed E-state index contributed by atoms with van der Waals surface area (Å²) >= 11 is 0. The highest BCUT2D eigenvalue weighted by Crippen LogP contribution is 2.47. The molecule has 2 saturated heterocycles. The number of anilines is 4. The Morgan fingerprint density at radius 1 is 0.771 bits per heavy atom. The molecule has 0 amide bonds. The monoisotopic (exact) mass is 469 g/mol. The normalized spacial score (nSPS) is 18.6. The Morgan fingerprint density at radius 2 is 1.54 bits per heavy atom. The summed E-state index contributed by atoms with van der Waals surface area (Å²) in [4.78, 5) is 16.6. The predicted molar refractivity (Wildman–Crippen MR) is 139 cm³/mol. The summed E-state index contributed by atoms with van der Waals surface area (Å²) in [5.74, 6) is 0. The summed E-state index contributed by atoms with van der Waals surface area (Å²) < 4.78 is 11.3. The number of pyridine rings is 2. The van der Waals surface area contributed by atoms with E-state index in [-0.39, 0.29) is 0 Å². The van der Waals surface area contributed by atoms with E-state index in [4.69, 9.17) is 14.5 Å². The average Bonchev–Trinajstić information content (AvgIpc) is 2.93. The Hall–Kier alpha value is -3.42. The fourth-order valence-electron chi connectivity index (χ4n) is 5.31. The summed E-state index contributed by atoms with van der Waals surface area (Å²) in [6.45, 7) is 8.77. The summed E-state index contributed by atoms with van der Waals surface area (Å²) in [5.41, 5.74) is 9.40. The van der Waals surface area contributed by atoms with E-state index >= 15 is 0 Å². The molecule has 0 atom stereocenters. The molecule has 3 aromatic rings. The minimum absolute atomic E-state index is 0.741. The number of fused-ring (bicyclic) bond motifs is 1. The Labute approximate surface area is 206 Å². The molecule has 5 heterocycles. The van der Waals surface area contributed by atoms with E-state index in [9.17, 15) is 0 Å². The van der Waals surface area contributed by atoms with E-state index in [1.54, 1.807) is 0 Å². The van der Waals surface area contributed by atoms with Gasteiger partial charge in [0.15, 0.2) is 0 Å². The van der Waals surface area contributed by atoms with Gasteiger partial charge in [0.1, 0.15) is 0 Å². The van der Waals surface area contributed by atoms with Gasteiger partial charge in [0.05, 0.1) is 61.1 Å². The molecule has 0 unspecified atom stereocenters.